The molecule has 0 radical (unpaired) electrons. The summed E-state index contributed by atoms with van der Waals surface area (Å²) >= 11 is 5.64. The summed E-state index contributed by atoms with van der Waals surface area (Å²) in [5, 5.41) is 14.9. The fraction of sp³-hybridized carbons (Fsp3) is 0.562. The van der Waals surface area contributed by atoms with Crippen molar-refractivity contribution in [1.82, 2.24) is 15.5 Å². The van der Waals surface area contributed by atoms with E-state index in [9.17, 15) is 14.3 Å². The fourth-order valence-electron chi connectivity index (χ4n) is 2.85. The number of nitrogens with zero attached hydrogens (tertiary/aromatic N) is 1. The van der Waals surface area contributed by atoms with Crippen molar-refractivity contribution in [2.75, 3.05) is 33.3 Å². The monoisotopic (exact) mass is 343 g/mol. The second-order valence-corrected chi connectivity index (χ2v) is 6.44. The van der Waals surface area contributed by atoms with Crippen LogP contribution in [0, 0.1) is 11.7 Å². The molecular weight excluding hydrogens is 321 g/mol. The molecule has 0 aliphatic carbocycles. The van der Waals surface area contributed by atoms with Crippen molar-refractivity contribution in [3.63, 3.8) is 0 Å². The molecule has 2 atom stereocenters. The lowest BCUT2D eigenvalue weighted by Gasteiger charge is -2.29. The quantitative estimate of drug-likeness (QED) is 0.767. The lowest BCUT2D eigenvalue weighted by molar-refractivity contribution is 0.196. The molecule has 1 aliphatic heterocycles. The average molecular weight is 344 g/mol. The van der Waals surface area contributed by atoms with E-state index >= 15 is 0 Å². The van der Waals surface area contributed by atoms with Crippen LogP contribution in [0.5, 0.6) is 0 Å². The Morgan fingerprint density at radius 2 is 2.35 bits per heavy atom. The predicted octanol–water partition coefficient (Wildman–Crippen LogP) is 2.15. The Morgan fingerprint density at radius 3 is 3.00 bits per heavy atom. The molecule has 2 unspecified atom stereocenters. The van der Waals surface area contributed by atoms with Gasteiger partial charge in [-0.15, -0.1) is 0 Å². The van der Waals surface area contributed by atoms with Crippen LogP contribution in [0.15, 0.2) is 18.2 Å². The van der Waals surface area contributed by atoms with E-state index in [0.29, 0.717) is 18.0 Å². The molecule has 128 valence electrons. The molecule has 1 aliphatic rings. The molecule has 0 aromatic heterocycles. The van der Waals surface area contributed by atoms with Gasteiger partial charge >= 0.3 is 6.03 Å². The standard InChI is InChI=1S/C16H23ClFN3O2/c1-21-6-2-3-11(9-21)8-19-16(23)20-15(10-22)12-4-5-13(17)14(18)7-12/h4-5,7,11,15,22H,2-3,6,8-10H2,1H3,(H2,19,20,23). The predicted molar refractivity (Wildman–Crippen MR) is 88.0 cm³/mol. The maximum absolute atomic E-state index is 13.5. The number of halogens is 2. The van der Waals surface area contributed by atoms with Crippen LogP contribution < -0.4 is 10.6 Å². The van der Waals surface area contributed by atoms with Gasteiger partial charge in [0.05, 0.1) is 17.7 Å². The van der Waals surface area contributed by atoms with Crippen molar-refractivity contribution in [1.29, 1.82) is 0 Å². The van der Waals surface area contributed by atoms with Crippen molar-refractivity contribution < 1.29 is 14.3 Å². The van der Waals surface area contributed by atoms with Gasteiger partial charge in [0.1, 0.15) is 5.82 Å². The van der Waals surface area contributed by atoms with E-state index in [0.717, 1.165) is 25.9 Å². The van der Waals surface area contributed by atoms with Crippen LogP contribution in [0.25, 0.3) is 0 Å². The maximum atomic E-state index is 13.5. The van der Waals surface area contributed by atoms with Gasteiger partial charge in [0, 0.05) is 13.1 Å². The molecule has 0 saturated carbocycles. The van der Waals surface area contributed by atoms with E-state index in [1.807, 2.05) is 0 Å². The largest absolute Gasteiger partial charge is 0.394 e. The van der Waals surface area contributed by atoms with Crippen LogP contribution in [-0.2, 0) is 0 Å². The number of rotatable bonds is 5. The van der Waals surface area contributed by atoms with Crippen molar-refractivity contribution >= 4 is 17.6 Å². The number of benzene rings is 1. The Labute approximate surface area is 140 Å². The third kappa shape index (κ3) is 5.34. The molecule has 3 N–H and O–H groups in total. The first-order valence-electron chi connectivity index (χ1n) is 7.78. The highest BCUT2D eigenvalue weighted by Gasteiger charge is 2.19. The van der Waals surface area contributed by atoms with Gasteiger partial charge in [0.2, 0.25) is 0 Å². The van der Waals surface area contributed by atoms with Gasteiger partial charge < -0.3 is 20.6 Å². The Bertz CT molecular complexity index is 544. The van der Waals surface area contributed by atoms with E-state index in [1.54, 1.807) is 6.07 Å². The summed E-state index contributed by atoms with van der Waals surface area (Å²) in [5.74, 6) is -0.143. The van der Waals surface area contributed by atoms with Crippen LogP contribution in [0.2, 0.25) is 5.02 Å². The van der Waals surface area contributed by atoms with Gasteiger partial charge in [-0.2, -0.15) is 0 Å². The molecule has 1 aromatic carbocycles. The van der Waals surface area contributed by atoms with E-state index < -0.39 is 11.9 Å². The number of amides is 2. The van der Waals surface area contributed by atoms with E-state index in [-0.39, 0.29) is 17.7 Å². The summed E-state index contributed by atoms with van der Waals surface area (Å²) in [4.78, 5) is 14.2. The number of nitrogens with one attached hydrogen (secondary N) is 2. The first-order valence-corrected chi connectivity index (χ1v) is 8.16. The number of aliphatic hydroxyl groups excluding tert-OH is 1. The lowest BCUT2D eigenvalue weighted by atomic mass is 9.99. The molecule has 0 spiro atoms. The van der Waals surface area contributed by atoms with E-state index in [2.05, 4.69) is 22.6 Å². The number of likely N-dealkylation sites (tertiary alicyclic amines) is 1. The van der Waals surface area contributed by atoms with Crippen LogP contribution in [0.3, 0.4) is 0 Å². The Hall–Kier alpha value is -1.37. The van der Waals surface area contributed by atoms with Gasteiger partial charge in [-0.1, -0.05) is 17.7 Å². The molecule has 1 saturated heterocycles. The Kier molecular flexibility index (Phi) is 6.62. The minimum atomic E-state index is -0.671. The normalized spacial score (nSPS) is 20.1. The summed E-state index contributed by atoms with van der Waals surface area (Å²) in [6.07, 6.45) is 2.23. The number of carbonyl (C=O) groups is 1. The van der Waals surface area contributed by atoms with Crippen molar-refractivity contribution in [3.05, 3.63) is 34.6 Å². The first-order chi connectivity index (χ1) is 11.0. The second kappa shape index (κ2) is 8.47. The van der Waals surface area contributed by atoms with Crippen LogP contribution in [0.1, 0.15) is 24.4 Å². The average Bonchev–Trinajstić information content (AvgIpc) is 2.53. The highest BCUT2D eigenvalue weighted by molar-refractivity contribution is 6.30. The first kappa shape index (κ1) is 18.0. The van der Waals surface area contributed by atoms with Crippen LogP contribution >= 0.6 is 11.6 Å². The van der Waals surface area contributed by atoms with Crippen molar-refractivity contribution in [2.45, 2.75) is 18.9 Å². The zero-order valence-electron chi connectivity index (χ0n) is 13.2. The van der Waals surface area contributed by atoms with Gasteiger partial charge in [-0.25, -0.2) is 9.18 Å². The highest BCUT2D eigenvalue weighted by Crippen LogP contribution is 2.20. The van der Waals surface area contributed by atoms with Gasteiger partial charge in [-0.05, 0) is 50.0 Å². The van der Waals surface area contributed by atoms with Crippen LogP contribution in [0.4, 0.5) is 9.18 Å². The number of hydrogen-bond acceptors (Lipinski definition) is 3. The molecule has 7 heteroatoms. The Balaban J connectivity index is 1.85. The molecule has 2 rings (SSSR count). The van der Waals surface area contributed by atoms with Crippen molar-refractivity contribution in [3.8, 4) is 0 Å². The molecule has 1 heterocycles. The number of hydrogen-bond donors (Lipinski definition) is 3. The van der Waals surface area contributed by atoms with E-state index in [4.69, 9.17) is 11.6 Å². The second-order valence-electron chi connectivity index (χ2n) is 6.03. The van der Waals surface area contributed by atoms with Crippen molar-refractivity contribution in [2.24, 2.45) is 5.92 Å². The minimum Gasteiger partial charge on any atom is -0.394 e. The van der Waals surface area contributed by atoms with E-state index in [1.165, 1.54) is 12.1 Å². The van der Waals surface area contributed by atoms with Gasteiger partial charge in [0.15, 0.2) is 0 Å². The van der Waals surface area contributed by atoms with Gasteiger partial charge in [0.25, 0.3) is 0 Å². The summed E-state index contributed by atoms with van der Waals surface area (Å²) in [7, 11) is 2.07. The molecule has 23 heavy (non-hydrogen) atoms. The highest BCUT2D eigenvalue weighted by atomic mass is 35.5. The summed E-state index contributed by atoms with van der Waals surface area (Å²) in [6.45, 7) is 2.33. The molecule has 1 aromatic rings. The SMILES string of the molecule is CN1CCCC(CNC(=O)NC(CO)c2ccc(Cl)c(F)c2)C1. The zero-order chi connectivity index (χ0) is 16.8. The molecule has 2 amide bonds. The zero-order valence-corrected chi connectivity index (χ0v) is 13.9. The van der Waals surface area contributed by atoms with Crippen LogP contribution in [-0.4, -0.2) is 49.3 Å². The molecule has 1 fully saturated rings. The smallest absolute Gasteiger partial charge is 0.315 e. The molecule has 0 bridgehead atoms. The summed E-state index contributed by atoms with van der Waals surface area (Å²) in [6, 6.07) is 3.18. The molecular formula is C16H23ClFN3O2. The third-order valence-electron chi connectivity index (χ3n) is 4.11. The summed E-state index contributed by atoms with van der Waals surface area (Å²) in [5.41, 5.74) is 0.474. The minimum absolute atomic E-state index is 0.0105. The Morgan fingerprint density at radius 1 is 1.57 bits per heavy atom. The maximum Gasteiger partial charge on any atom is 0.315 e. The number of aliphatic hydroxyl groups is 1. The topological polar surface area (TPSA) is 64.6 Å². The lowest BCUT2D eigenvalue weighted by Crippen LogP contribution is -2.44. The summed E-state index contributed by atoms with van der Waals surface area (Å²) < 4.78 is 13.5. The number of piperidine rings is 1. The number of carbonyl (C=O) groups excluding carboxylic acids is 1. The van der Waals surface area contributed by atoms with Gasteiger partial charge in [-0.3, -0.25) is 0 Å². The molecule has 5 nitrogen and oxygen atoms in total. The number of urea groups is 1. The third-order valence-corrected chi connectivity index (χ3v) is 4.41. The fourth-order valence-corrected chi connectivity index (χ4v) is 2.97.